The van der Waals surface area contributed by atoms with E-state index >= 15 is 0 Å². The number of carbonyl (C=O) groups excluding carboxylic acids is 3. The molecule has 0 radical (unpaired) electrons. The molecule has 0 rings (SSSR count). The van der Waals surface area contributed by atoms with E-state index < -0.39 is 57.8 Å². The Morgan fingerprint density at radius 3 is 1.11 bits per heavy atom. The zero-order valence-electron chi connectivity index (χ0n) is 46.7. The van der Waals surface area contributed by atoms with Crippen LogP contribution >= 0.6 is 7.82 Å². The number of esters is 3. The van der Waals surface area contributed by atoms with E-state index in [1.54, 1.807) is 0 Å². The number of aliphatic hydroxyl groups excluding tert-OH is 1. The van der Waals surface area contributed by atoms with Crippen molar-refractivity contribution in [2.45, 2.75) is 303 Å². The van der Waals surface area contributed by atoms with E-state index in [2.05, 4.69) is 57.2 Å². The molecular formula is C60H111O11P. The van der Waals surface area contributed by atoms with Gasteiger partial charge in [0.1, 0.15) is 12.7 Å². The van der Waals surface area contributed by atoms with E-state index in [1.165, 1.54) is 128 Å². The van der Waals surface area contributed by atoms with E-state index in [9.17, 15) is 28.9 Å². The van der Waals surface area contributed by atoms with Crippen LogP contribution in [0.15, 0.2) is 36.5 Å². The third kappa shape index (κ3) is 52.6. The second kappa shape index (κ2) is 54.9. The third-order valence-corrected chi connectivity index (χ3v) is 14.0. The Bertz CT molecular complexity index is 1350. The summed E-state index contributed by atoms with van der Waals surface area (Å²) >= 11 is 0. The lowest BCUT2D eigenvalue weighted by atomic mass is 10.0. The SMILES string of the molecule is CCC/C=C\C/C=C\CCCCCCCC(=O)OC(CO)COP(=O)(O)OCC(COC(=O)CCCCCCC/C=C\CCCCCC)OC(=O)CCCCCCCCCCCCCCCCCCCCC. The lowest BCUT2D eigenvalue weighted by Crippen LogP contribution is -2.30. The Hall–Kier alpha value is -2.30. The number of ether oxygens (including phenoxy) is 3. The fourth-order valence-corrected chi connectivity index (χ4v) is 9.23. The zero-order valence-corrected chi connectivity index (χ0v) is 47.6. The number of allylic oxidation sites excluding steroid dienone is 6. The molecule has 0 saturated carbocycles. The highest BCUT2D eigenvalue weighted by Gasteiger charge is 2.28. The molecule has 0 heterocycles. The van der Waals surface area contributed by atoms with Gasteiger partial charge in [0.2, 0.25) is 0 Å². The van der Waals surface area contributed by atoms with Crippen LogP contribution in [0.4, 0.5) is 0 Å². The fraction of sp³-hybridized carbons (Fsp3) is 0.850. The number of unbranched alkanes of at least 4 members (excludes halogenated alkanes) is 33. The molecule has 11 nitrogen and oxygen atoms in total. The molecule has 0 aromatic carbocycles. The molecule has 72 heavy (non-hydrogen) atoms. The van der Waals surface area contributed by atoms with Gasteiger partial charge in [0.25, 0.3) is 0 Å². The van der Waals surface area contributed by atoms with Crippen LogP contribution in [-0.2, 0) is 42.2 Å². The van der Waals surface area contributed by atoms with E-state index in [0.717, 1.165) is 103 Å². The van der Waals surface area contributed by atoms with Gasteiger partial charge in [-0.3, -0.25) is 23.4 Å². The summed E-state index contributed by atoms with van der Waals surface area (Å²) in [6, 6.07) is 0. The first kappa shape index (κ1) is 69.7. The van der Waals surface area contributed by atoms with Gasteiger partial charge in [-0.2, -0.15) is 0 Å². The third-order valence-electron chi connectivity index (χ3n) is 13.0. The molecule has 0 aliphatic carbocycles. The highest BCUT2D eigenvalue weighted by atomic mass is 31.2. The van der Waals surface area contributed by atoms with Gasteiger partial charge >= 0.3 is 25.7 Å². The predicted molar refractivity (Wildman–Crippen MR) is 298 cm³/mol. The molecule has 3 atom stereocenters. The molecule has 3 unspecified atom stereocenters. The predicted octanol–water partition coefficient (Wildman–Crippen LogP) is 17.6. The van der Waals surface area contributed by atoms with Crippen molar-refractivity contribution < 1.29 is 52.2 Å². The van der Waals surface area contributed by atoms with Gasteiger partial charge in [-0.25, -0.2) is 4.57 Å². The molecule has 0 spiro atoms. The van der Waals surface area contributed by atoms with Gasteiger partial charge in [-0.05, 0) is 70.6 Å². The quantitative estimate of drug-likeness (QED) is 0.0197. The Balaban J connectivity index is 4.68. The summed E-state index contributed by atoms with van der Waals surface area (Å²) in [5.74, 6) is -1.47. The Morgan fingerprint density at radius 2 is 0.708 bits per heavy atom. The number of phosphoric ester groups is 1. The van der Waals surface area contributed by atoms with Gasteiger partial charge < -0.3 is 24.2 Å². The first-order valence-corrected chi connectivity index (χ1v) is 31.4. The number of hydrogen-bond donors (Lipinski definition) is 2. The van der Waals surface area contributed by atoms with Crippen LogP contribution in [0.2, 0.25) is 0 Å². The molecule has 0 fully saturated rings. The standard InChI is InChI=1S/C60H111O11P/c1-4-7-10-13-16-19-22-25-26-27-28-29-30-33-36-39-42-45-48-51-60(64)71-57(53-67-58(62)49-46-43-40-37-34-31-23-20-17-14-11-8-5-2)55-69-72(65,66)68-54-56(52-61)70-59(63)50-47-44-41-38-35-32-24-21-18-15-12-9-6-3/h12,15,20-21,23-24,56-57,61H,4-11,13-14,16-19,22,25-55H2,1-3H3,(H,65,66)/b15-12-,23-20-,24-21-. The van der Waals surface area contributed by atoms with Crippen LogP contribution in [0.25, 0.3) is 0 Å². The number of carbonyl (C=O) groups is 3. The maximum Gasteiger partial charge on any atom is 0.472 e. The molecule has 0 aromatic heterocycles. The average Bonchev–Trinajstić information content (AvgIpc) is 3.37. The summed E-state index contributed by atoms with van der Waals surface area (Å²) in [5, 5.41) is 9.80. The first-order valence-electron chi connectivity index (χ1n) is 29.9. The molecule has 0 aromatic rings. The molecular weight excluding hydrogens is 928 g/mol. The van der Waals surface area contributed by atoms with Crippen LogP contribution in [0.5, 0.6) is 0 Å². The number of rotatable bonds is 56. The first-order chi connectivity index (χ1) is 35.2. The molecule has 0 saturated heterocycles. The maximum atomic E-state index is 12.9. The van der Waals surface area contributed by atoms with Crippen LogP contribution in [-0.4, -0.2) is 66.5 Å². The van der Waals surface area contributed by atoms with Gasteiger partial charge in [0, 0.05) is 19.3 Å². The van der Waals surface area contributed by atoms with Crippen molar-refractivity contribution in [3.05, 3.63) is 36.5 Å². The van der Waals surface area contributed by atoms with Crippen molar-refractivity contribution >= 4 is 25.7 Å². The molecule has 0 bridgehead atoms. The monoisotopic (exact) mass is 1040 g/mol. The van der Waals surface area contributed by atoms with Crippen LogP contribution in [0, 0.1) is 0 Å². The molecule has 12 heteroatoms. The highest BCUT2D eigenvalue weighted by molar-refractivity contribution is 7.47. The van der Waals surface area contributed by atoms with E-state index in [1.807, 2.05) is 0 Å². The number of hydrogen-bond acceptors (Lipinski definition) is 10. The van der Waals surface area contributed by atoms with Crippen molar-refractivity contribution in [2.75, 3.05) is 26.4 Å². The molecule has 0 aliphatic rings. The van der Waals surface area contributed by atoms with E-state index in [-0.39, 0.29) is 25.9 Å². The number of phosphoric acid groups is 1. The smallest absolute Gasteiger partial charge is 0.462 e. The van der Waals surface area contributed by atoms with Crippen molar-refractivity contribution in [2.24, 2.45) is 0 Å². The maximum absolute atomic E-state index is 12.9. The Morgan fingerprint density at radius 1 is 0.389 bits per heavy atom. The summed E-state index contributed by atoms with van der Waals surface area (Å²) < 4.78 is 39.5. The van der Waals surface area contributed by atoms with Gasteiger partial charge in [0.15, 0.2) is 6.10 Å². The van der Waals surface area contributed by atoms with Crippen LogP contribution < -0.4 is 0 Å². The molecule has 0 amide bonds. The molecule has 422 valence electrons. The fourth-order valence-electron chi connectivity index (χ4n) is 8.45. The van der Waals surface area contributed by atoms with Gasteiger partial charge in [0.05, 0.1) is 19.8 Å². The summed E-state index contributed by atoms with van der Waals surface area (Å²) in [5.41, 5.74) is 0. The summed E-state index contributed by atoms with van der Waals surface area (Å²) in [6.07, 6.45) is 56.7. The summed E-state index contributed by atoms with van der Waals surface area (Å²) in [6.45, 7) is 4.59. The van der Waals surface area contributed by atoms with E-state index in [0.29, 0.717) is 19.3 Å². The van der Waals surface area contributed by atoms with Gasteiger partial charge in [-0.15, -0.1) is 0 Å². The van der Waals surface area contributed by atoms with Crippen molar-refractivity contribution in [1.82, 2.24) is 0 Å². The largest absolute Gasteiger partial charge is 0.472 e. The lowest BCUT2D eigenvalue weighted by molar-refractivity contribution is -0.161. The summed E-state index contributed by atoms with van der Waals surface area (Å²) in [7, 11) is -4.75. The normalized spacial score (nSPS) is 13.6. The molecule has 0 aliphatic heterocycles. The van der Waals surface area contributed by atoms with Crippen LogP contribution in [0.3, 0.4) is 0 Å². The lowest BCUT2D eigenvalue weighted by Gasteiger charge is -2.21. The Kier molecular flexibility index (Phi) is 53.2. The average molecular weight is 1040 g/mol. The number of aliphatic hydroxyl groups is 1. The topological polar surface area (TPSA) is 155 Å². The van der Waals surface area contributed by atoms with Crippen molar-refractivity contribution in [1.29, 1.82) is 0 Å². The zero-order chi connectivity index (χ0) is 52.7. The minimum absolute atomic E-state index is 0.163. The minimum atomic E-state index is -4.75. The van der Waals surface area contributed by atoms with Crippen LogP contribution in [0.1, 0.15) is 290 Å². The second-order valence-electron chi connectivity index (χ2n) is 20.2. The van der Waals surface area contributed by atoms with Crippen molar-refractivity contribution in [3.8, 4) is 0 Å². The molecule has 2 N–H and O–H groups in total. The minimum Gasteiger partial charge on any atom is -0.462 e. The second-order valence-corrected chi connectivity index (χ2v) is 21.6. The summed E-state index contributed by atoms with van der Waals surface area (Å²) in [4.78, 5) is 48.5. The highest BCUT2D eigenvalue weighted by Crippen LogP contribution is 2.43. The van der Waals surface area contributed by atoms with Crippen molar-refractivity contribution in [3.63, 3.8) is 0 Å². The van der Waals surface area contributed by atoms with Gasteiger partial charge in [-0.1, -0.05) is 237 Å². The Labute approximate surface area is 441 Å². The van der Waals surface area contributed by atoms with E-state index in [4.69, 9.17) is 23.3 Å².